The molecule has 72 valence electrons. The number of hydrogen-bond acceptors (Lipinski definition) is 2. The number of ether oxygens (including phenoxy) is 1. The average molecular weight is 199 g/mol. The molecule has 0 saturated carbocycles. The molecule has 0 fully saturated rings. The average Bonchev–Trinajstić information content (AvgIpc) is 2.13. The maximum atomic E-state index is 11.7. The molecule has 0 bridgehead atoms. The molecule has 0 aliphatic carbocycles. The van der Waals surface area contributed by atoms with Crippen LogP contribution in [0.15, 0.2) is 10.9 Å². The lowest BCUT2D eigenvalue weighted by atomic mass is 10.3. The second-order valence-electron chi connectivity index (χ2n) is 2.84. The van der Waals surface area contributed by atoms with Crippen molar-refractivity contribution in [2.45, 2.75) is 6.92 Å². The van der Waals surface area contributed by atoms with Crippen molar-refractivity contribution in [1.29, 1.82) is 0 Å². The fourth-order valence-electron chi connectivity index (χ4n) is 1.18. The maximum absolute atomic E-state index is 11.7. The smallest absolute Gasteiger partial charge is 0.261 e. The van der Waals surface area contributed by atoms with Crippen LogP contribution in [0.4, 0.5) is 0 Å². The van der Waals surface area contributed by atoms with Gasteiger partial charge in [0.1, 0.15) is 5.75 Å². The van der Waals surface area contributed by atoms with E-state index in [0.29, 0.717) is 14.3 Å². The predicted molar refractivity (Wildman–Crippen MR) is 56.8 cm³/mol. The summed E-state index contributed by atoms with van der Waals surface area (Å²) < 4.78 is 6.79. The van der Waals surface area contributed by atoms with Crippen LogP contribution in [0.5, 0.6) is 5.75 Å². The van der Waals surface area contributed by atoms with Crippen LogP contribution >= 0.6 is 8.58 Å². The number of rotatable bonds is 2. The highest BCUT2D eigenvalue weighted by molar-refractivity contribution is 7.46. The minimum atomic E-state index is 0.0534. The highest BCUT2D eigenvalue weighted by atomic mass is 31.1. The molecule has 13 heavy (non-hydrogen) atoms. The standard InChI is InChI=1S/C9H14NO2P/c1-6-5-7(12-3)8(13-4)9(11)10(6)2/h5,13H,1-4H3. The Morgan fingerprint density at radius 1 is 1.54 bits per heavy atom. The quantitative estimate of drug-likeness (QED) is 0.654. The van der Waals surface area contributed by atoms with Crippen LogP contribution in [-0.4, -0.2) is 18.3 Å². The Balaban J connectivity index is 3.48. The molecule has 1 unspecified atom stereocenters. The Morgan fingerprint density at radius 2 is 2.15 bits per heavy atom. The van der Waals surface area contributed by atoms with E-state index in [2.05, 4.69) is 0 Å². The monoisotopic (exact) mass is 199 g/mol. The van der Waals surface area contributed by atoms with Crippen molar-refractivity contribution in [3.63, 3.8) is 0 Å². The number of hydrogen-bond donors (Lipinski definition) is 0. The molecule has 1 heterocycles. The molecule has 4 heteroatoms. The van der Waals surface area contributed by atoms with Gasteiger partial charge in [-0.25, -0.2) is 0 Å². The lowest BCUT2D eigenvalue weighted by molar-refractivity contribution is 0.416. The SMILES string of the molecule is COc1cc(C)n(C)c(=O)c1PC. The molecule has 0 aliphatic heterocycles. The van der Waals surface area contributed by atoms with Crippen LogP contribution < -0.4 is 15.6 Å². The van der Waals surface area contributed by atoms with E-state index in [-0.39, 0.29) is 5.56 Å². The van der Waals surface area contributed by atoms with E-state index in [1.54, 1.807) is 18.7 Å². The summed E-state index contributed by atoms with van der Waals surface area (Å²) in [7, 11) is 3.84. The second kappa shape index (κ2) is 3.93. The number of aromatic nitrogens is 1. The van der Waals surface area contributed by atoms with Crippen molar-refractivity contribution in [3.05, 3.63) is 22.1 Å². The molecule has 0 aliphatic rings. The maximum Gasteiger partial charge on any atom is 0.261 e. The molecule has 0 N–H and O–H groups in total. The summed E-state index contributed by atoms with van der Waals surface area (Å²) in [6.45, 7) is 3.88. The van der Waals surface area contributed by atoms with Gasteiger partial charge < -0.3 is 9.30 Å². The molecule has 1 rings (SSSR count). The molecule has 0 amide bonds. The summed E-state index contributed by atoms with van der Waals surface area (Å²) >= 11 is 0. The Bertz CT molecular complexity index is 371. The number of methoxy groups -OCH3 is 1. The minimum Gasteiger partial charge on any atom is -0.496 e. The van der Waals surface area contributed by atoms with Gasteiger partial charge in [0.15, 0.2) is 0 Å². The fourth-order valence-corrected chi connectivity index (χ4v) is 1.99. The molecular weight excluding hydrogens is 185 g/mol. The molecule has 0 aromatic carbocycles. The van der Waals surface area contributed by atoms with Crippen molar-refractivity contribution in [2.75, 3.05) is 13.8 Å². The zero-order chi connectivity index (χ0) is 10.0. The first-order valence-electron chi connectivity index (χ1n) is 4.04. The second-order valence-corrected chi connectivity index (χ2v) is 3.84. The third-order valence-electron chi connectivity index (χ3n) is 2.10. The van der Waals surface area contributed by atoms with Crippen LogP contribution in [0, 0.1) is 6.92 Å². The first-order chi connectivity index (χ1) is 6.11. The van der Waals surface area contributed by atoms with E-state index >= 15 is 0 Å². The minimum absolute atomic E-state index is 0.0534. The Labute approximate surface area is 79.5 Å². The zero-order valence-electron chi connectivity index (χ0n) is 8.34. The van der Waals surface area contributed by atoms with Gasteiger partial charge in [0.05, 0.1) is 12.4 Å². The molecule has 1 aromatic heterocycles. The van der Waals surface area contributed by atoms with E-state index in [1.807, 2.05) is 19.7 Å². The summed E-state index contributed by atoms with van der Waals surface area (Å²) in [5.74, 6) is 0.710. The molecule has 1 aromatic rings. The largest absolute Gasteiger partial charge is 0.496 e. The summed E-state index contributed by atoms with van der Waals surface area (Å²) in [6, 6.07) is 1.90. The van der Waals surface area contributed by atoms with Gasteiger partial charge in [-0.3, -0.25) is 4.79 Å². The van der Waals surface area contributed by atoms with Crippen molar-refractivity contribution in [3.8, 4) is 5.75 Å². The van der Waals surface area contributed by atoms with Gasteiger partial charge in [-0.15, -0.1) is 0 Å². The van der Waals surface area contributed by atoms with Crippen LogP contribution in [0.2, 0.25) is 0 Å². The van der Waals surface area contributed by atoms with Gasteiger partial charge in [-0.1, -0.05) is 8.58 Å². The van der Waals surface area contributed by atoms with E-state index in [0.717, 1.165) is 11.0 Å². The van der Waals surface area contributed by atoms with Crippen LogP contribution in [-0.2, 0) is 7.05 Å². The predicted octanol–water partition coefficient (Wildman–Crippen LogP) is 0.636. The third-order valence-corrected chi connectivity index (χ3v) is 3.06. The highest BCUT2D eigenvalue weighted by Gasteiger charge is 2.08. The Morgan fingerprint density at radius 3 is 2.62 bits per heavy atom. The normalized spacial score (nSPS) is 11.1. The zero-order valence-corrected chi connectivity index (χ0v) is 9.34. The molecule has 0 spiro atoms. The van der Waals surface area contributed by atoms with Gasteiger partial charge >= 0.3 is 0 Å². The van der Waals surface area contributed by atoms with E-state index in [1.165, 1.54) is 0 Å². The van der Waals surface area contributed by atoms with Crippen molar-refractivity contribution < 1.29 is 4.74 Å². The topological polar surface area (TPSA) is 31.2 Å². The van der Waals surface area contributed by atoms with Crippen molar-refractivity contribution in [2.24, 2.45) is 7.05 Å². The van der Waals surface area contributed by atoms with Crippen LogP contribution in [0.3, 0.4) is 0 Å². The third kappa shape index (κ3) is 1.75. The lowest BCUT2D eigenvalue weighted by Gasteiger charge is -2.10. The fraction of sp³-hybridized carbons (Fsp3) is 0.444. The number of aryl methyl sites for hydroxylation is 1. The van der Waals surface area contributed by atoms with Gasteiger partial charge in [-0.2, -0.15) is 0 Å². The first-order valence-corrected chi connectivity index (χ1v) is 5.54. The number of pyridine rings is 1. The van der Waals surface area contributed by atoms with Gasteiger partial charge in [-0.05, 0) is 13.6 Å². The lowest BCUT2D eigenvalue weighted by Crippen LogP contribution is -2.31. The first kappa shape index (κ1) is 10.3. The van der Waals surface area contributed by atoms with E-state index in [4.69, 9.17) is 4.74 Å². The van der Waals surface area contributed by atoms with Crippen LogP contribution in [0.25, 0.3) is 0 Å². The van der Waals surface area contributed by atoms with Gasteiger partial charge in [0.2, 0.25) is 0 Å². The Hall–Kier alpha value is -0.820. The van der Waals surface area contributed by atoms with Gasteiger partial charge in [0, 0.05) is 18.8 Å². The summed E-state index contributed by atoms with van der Waals surface area (Å²) in [6.07, 6.45) is 0. The molecule has 1 atom stereocenters. The van der Waals surface area contributed by atoms with Crippen LogP contribution in [0.1, 0.15) is 5.69 Å². The molecular formula is C9H14NO2P. The molecule has 3 nitrogen and oxygen atoms in total. The summed E-state index contributed by atoms with van der Waals surface area (Å²) in [4.78, 5) is 11.7. The molecule has 0 saturated heterocycles. The number of nitrogens with zero attached hydrogens (tertiary/aromatic N) is 1. The summed E-state index contributed by atoms with van der Waals surface area (Å²) in [5, 5.41) is 0.774. The van der Waals surface area contributed by atoms with Gasteiger partial charge in [0.25, 0.3) is 5.56 Å². The Kier molecular flexibility index (Phi) is 3.10. The highest BCUT2D eigenvalue weighted by Crippen LogP contribution is 2.14. The molecule has 0 radical (unpaired) electrons. The summed E-state index contributed by atoms with van der Waals surface area (Å²) in [5.41, 5.74) is 0.974. The van der Waals surface area contributed by atoms with E-state index < -0.39 is 0 Å². The van der Waals surface area contributed by atoms with E-state index in [9.17, 15) is 4.79 Å². The van der Waals surface area contributed by atoms with Crippen molar-refractivity contribution in [1.82, 2.24) is 4.57 Å². The van der Waals surface area contributed by atoms with Crippen molar-refractivity contribution >= 4 is 13.9 Å².